The molecule has 1 atom stereocenters. The first kappa shape index (κ1) is 131. The third-order valence-electron chi connectivity index (χ3n) is 24.6. The van der Waals surface area contributed by atoms with Crippen molar-refractivity contribution in [2.45, 2.75) is 613 Å². The summed E-state index contributed by atoms with van der Waals surface area (Å²) < 4.78 is 14.9. The smallest absolute Gasteiger partial charge is 0.259 e. The maximum Gasteiger partial charge on any atom is 0.259 e. The van der Waals surface area contributed by atoms with E-state index in [1.165, 1.54) is 417 Å². The molecular weight excluding hydrogens is 1620 g/mol. The van der Waals surface area contributed by atoms with Crippen molar-refractivity contribution in [1.29, 1.82) is 5.26 Å². The Labute approximate surface area is 794 Å². The van der Waals surface area contributed by atoms with Crippen LogP contribution in [0.25, 0.3) is 0 Å². The van der Waals surface area contributed by atoms with Crippen molar-refractivity contribution >= 4 is 49.0 Å². The summed E-state index contributed by atoms with van der Waals surface area (Å²) in [6, 6.07) is 2.49. The van der Waals surface area contributed by atoms with E-state index in [-0.39, 0.29) is 80.2 Å². The number of hydrogen-bond acceptors (Lipinski definition) is 13. The van der Waals surface area contributed by atoms with Gasteiger partial charge in [-0.2, -0.15) is 5.26 Å². The minimum atomic E-state index is -1.49. The first-order chi connectivity index (χ1) is 61.9. The molecule has 19 heteroatoms. The number of unbranched alkanes of at least 4 members (excludes halogenated alkanes) is 70. The fourth-order valence-corrected chi connectivity index (χ4v) is 18.1. The van der Waals surface area contributed by atoms with Gasteiger partial charge in [0.25, 0.3) is 8.53 Å². The summed E-state index contributed by atoms with van der Waals surface area (Å²) in [6.45, 7) is 21.6. The average molecular weight is 1840 g/mol. The van der Waals surface area contributed by atoms with Crippen LogP contribution < -0.4 is 32.7 Å². The number of nitriles is 1. The van der Waals surface area contributed by atoms with Gasteiger partial charge in [0.15, 0.2) is 0 Å². The molecule has 0 aromatic rings. The van der Waals surface area contributed by atoms with Crippen molar-refractivity contribution in [3.63, 3.8) is 0 Å². The van der Waals surface area contributed by atoms with E-state index in [0.29, 0.717) is 45.2 Å². The highest BCUT2D eigenvalue weighted by Crippen LogP contribution is 2.47. The molecule has 0 aromatic carbocycles. The van der Waals surface area contributed by atoms with Gasteiger partial charge < -0.3 is 52.0 Å². The Morgan fingerprint density at radius 1 is 0.307 bits per heavy atom. The van der Waals surface area contributed by atoms with E-state index >= 15 is 0 Å². The largest absolute Gasteiger partial charge is 0.390 e. The number of nitrogens with one attached hydrogen (secondary N) is 4. The van der Waals surface area contributed by atoms with Crippen molar-refractivity contribution in [1.82, 2.24) is 25.9 Å². The van der Waals surface area contributed by atoms with E-state index < -0.39 is 26.8 Å². The van der Waals surface area contributed by atoms with Crippen LogP contribution in [0.4, 0.5) is 0 Å². The average Bonchev–Trinajstić information content (AvgIpc) is 0.861. The van der Waals surface area contributed by atoms with E-state index in [2.05, 4.69) is 94.3 Å². The molecule has 0 heterocycles. The minimum absolute atomic E-state index is 0.00266. The van der Waals surface area contributed by atoms with E-state index in [9.17, 15) is 29.1 Å². The number of carbonyl (C=O) groups excluding carboxylic acids is 5. The number of aliphatic hydroxyl groups is 2. The fourth-order valence-electron chi connectivity index (χ4n) is 16.3. The molecular formula is C108H218ClN8O9P. The second-order valence-electron chi connectivity index (χ2n) is 38.1. The van der Waals surface area contributed by atoms with Crippen LogP contribution in [-0.2, 0) is 33.0 Å². The van der Waals surface area contributed by atoms with Gasteiger partial charge in [0, 0.05) is 83.5 Å². The molecule has 0 rings (SSSR count). The molecule has 0 saturated carbocycles. The SMILES string of the molecule is CCCCCCCCCCCCCCCCCC(=O)Cl.CCCCCCCCCCCCCCCCCC(=O)NCC(CNC(=O)CCCCCCCCCCCCCCCCC)OP(OCCC#N)N(C(C)C)C(C)C.CCCCCCCCCCCCCCCCCC(=O)NCC(O)CNC(=O)CCCCCCCCCCCCCCCCC.NCC(O)CN. The van der Waals surface area contributed by atoms with Gasteiger partial charge in [0.2, 0.25) is 28.9 Å². The lowest BCUT2D eigenvalue weighted by molar-refractivity contribution is -0.123. The van der Waals surface area contributed by atoms with Gasteiger partial charge in [-0.25, -0.2) is 4.67 Å². The van der Waals surface area contributed by atoms with Crippen LogP contribution in [-0.4, -0.2) is 120 Å². The number of carbonyl (C=O) groups is 5. The summed E-state index contributed by atoms with van der Waals surface area (Å²) in [5.41, 5.74) is 9.91. The molecule has 1 unspecified atom stereocenters. The molecule has 4 amide bonds. The maximum atomic E-state index is 12.9. The number of amides is 4. The number of halogens is 1. The van der Waals surface area contributed by atoms with Crippen LogP contribution in [0.15, 0.2) is 0 Å². The van der Waals surface area contributed by atoms with Crippen LogP contribution in [0.1, 0.15) is 582 Å². The quantitative estimate of drug-likeness (QED) is 0.0160. The lowest BCUT2D eigenvalue weighted by Gasteiger charge is -2.37. The van der Waals surface area contributed by atoms with Gasteiger partial charge >= 0.3 is 0 Å². The molecule has 0 aromatic heterocycles. The standard InChI is InChI=1S/C48H95N4O4P.C39H78N2O3.C18H35ClO.C3H10N2O/c1-7-9-11-13-15-17-19-21-23-25-27-29-31-33-35-38-47(53)50-42-46(56-57(55-41-37-40-49)52(44(3)4)45(5)6)43-51-48(54)39-36-34-32-30-28-26-24-22-20-18-16-14-12-10-8-2;1-3-5-7-9-11-13-15-17-19-21-23-25-27-29-31-33-38(43)40-35-37(42)36-41-39(44)34-32-30-28-26-24-22-20-18-16-14-12-10-8-6-4-2;1-2-3-4-5-6-7-8-9-10-11-12-13-14-15-16-17-18(19)20;4-1-3(6)2-5/h44-46H,7-39,41-43H2,1-6H3,(H,50,53)(H,51,54);37,42H,3-36H2,1-2H3,(H,40,43)(H,41,44);2-17H2,1H3;3,6H,1-2,4-5H2. The van der Waals surface area contributed by atoms with Crippen molar-refractivity contribution in [2.75, 3.05) is 45.9 Å². The van der Waals surface area contributed by atoms with E-state index in [1.807, 2.05) is 0 Å². The molecule has 0 radical (unpaired) electrons. The highest BCUT2D eigenvalue weighted by molar-refractivity contribution is 7.44. The second-order valence-corrected chi connectivity index (χ2v) is 40.0. The summed E-state index contributed by atoms with van der Waals surface area (Å²) in [4.78, 5) is 60.5. The summed E-state index contributed by atoms with van der Waals surface area (Å²) >= 11 is 5.30. The summed E-state index contributed by atoms with van der Waals surface area (Å²) in [5, 5.41) is 39.3. The van der Waals surface area contributed by atoms with Gasteiger partial charge in [0.1, 0.15) is 6.10 Å². The molecule has 0 spiro atoms. The van der Waals surface area contributed by atoms with E-state index in [0.717, 1.165) is 64.2 Å². The number of nitrogens with two attached hydrogens (primary N) is 2. The number of aliphatic hydroxyl groups excluding tert-OH is 2. The molecule has 0 aliphatic rings. The van der Waals surface area contributed by atoms with E-state index in [1.54, 1.807) is 0 Å². The Morgan fingerprint density at radius 2 is 0.488 bits per heavy atom. The summed E-state index contributed by atoms with van der Waals surface area (Å²) in [5.74, 6) is 0.0641. The second kappa shape index (κ2) is 112. The third-order valence-corrected chi connectivity index (χ3v) is 26.9. The monoisotopic (exact) mass is 1840 g/mol. The molecule has 756 valence electrons. The van der Waals surface area contributed by atoms with Crippen molar-refractivity contribution in [2.24, 2.45) is 11.5 Å². The molecule has 10 N–H and O–H groups in total. The van der Waals surface area contributed by atoms with Crippen molar-refractivity contribution in [3.05, 3.63) is 0 Å². The third kappa shape index (κ3) is 112. The normalized spacial score (nSPS) is 11.6. The Hall–Kier alpha value is -2.52. The first-order valence-electron chi connectivity index (χ1n) is 55.2. The van der Waals surface area contributed by atoms with Gasteiger partial charge in [-0.3, -0.25) is 24.0 Å². The van der Waals surface area contributed by atoms with Crippen LogP contribution in [0.5, 0.6) is 0 Å². The van der Waals surface area contributed by atoms with Gasteiger partial charge in [-0.05, 0) is 71.4 Å². The van der Waals surface area contributed by atoms with E-state index in [4.69, 9.17) is 42.5 Å². The lowest BCUT2D eigenvalue weighted by Crippen LogP contribution is -2.43. The zero-order valence-corrected chi connectivity index (χ0v) is 87.4. The molecule has 0 saturated heterocycles. The molecule has 0 aliphatic heterocycles. The Kier molecular flexibility index (Phi) is 116. The van der Waals surface area contributed by atoms with Gasteiger partial charge in [0.05, 0.1) is 31.3 Å². The molecule has 0 fully saturated rings. The zero-order chi connectivity index (χ0) is 94.1. The highest BCUT2D eigenvalue weighted by Gasteiger charge is 2.31. The Bertz CT molecular complexity index is 2150. The first-order valence-corrected chi connectivity index (χ1v) is 56.7. The number of rotatable bonds is 98. The van der Waals surface area contributed by atoms with Crippen LogP contribution in [0.3, 0.4) is 0 Å². The maximum absolute atomic E-state index is 12.9. The summed E-state index contributed by atoms with van der Waals surface area (Å²) in [6.07, 6.45) is 100. The minimum Gasteiger partial charge on any atom is -0.390 e. The fraction of sp³-hybridized carbons (Fsp3) is 0.944. The highest BCUT2D eigenvalue weighted by atomic mass is 35.5. The molecule has 127 heavy (non-hydrogen) atoms. The molecule has 0 bridgehead atoms. The van der Waals surface area contributed by atoms with Crippen LogP contribution in [0.2, 0.25) is 0 Å². The van der Waals surface area contributed by atoms with Crippen molar-refractivity contribution in [3.8, 4) is 6.07 Å². The predicted octanol–water partition coefficient (Wildman–Crippen LogP) is 30.8. The predicted molar refractivity (Wildman–Crippen MR) is 551 cm³/mol. The van der Waals surface area contributed by atoms with Gasteiger partial charge in [-0.1, -0.05) is 484 Å². The molecule has 0 aliphatic carbocycles. The zero-order valence-electron chi connectivity index (χ0n) is 85.7. The van der Waals surface area contributed by atoms with Crippen molar-refractivity contribution < 1.29 is 43.2 Å². The summed E-state index contributed by atoms with van der Waals surface area (Å²) in [7, 11) is -1.49. The lowest BCUT2D eigenvalue weighted by atomic mass is 10.0. The Balaban J connectivity index is -0.000000945. The molecule has 17 nitrogen and oxygen atoms in total. The number of nitrogens with zero attached hydrogens (tertiary/aromatic N) is 2. The van der Waals surface area contributed by atoms with Crippen LogP contribution >= 0.6 is 20.1 Å². The number of hydrogen-bond donors (Lipinski definition) is 8. The topological polar surface area (TPSA) is 271 Å². The van der Waals surface area contributed by atoms with Crippen LogP contribution in [0, 0.1) is 11.3 Å². The van der Waals surface area contributed by atoms with Gasteiger partial charge in [-0.15, -0.1) is 0 Å². The Morgan fingerprint density at radius 3 is 0.654 bits per heavy atom.